The lowest BCUT2D eigenvalue weighted by molar-refractivity contribution is -0.116. The van der Waals surface area contributed by atoms with Gasteiger partial charge in [0.25, 0.3) is 0 Å². The molecule has 0 radical (unpaired) electrons. The summed E-state index contributed by atoms with van der Waals surface area (Å²) in [5.74, 6) is -0.120. The number of carbonyl (C=O) groups is 1. The van der Waals surface area contributed by atoms with E-state index in [9.17, 15) is 9.90 Å². The first-order chi connectivity index (χ1) is 14.0. The minimum Gasteiger partial charge on any atom is -0.506 e. The highest BCUT2D eigenvalue weighted by molar-refractivity contribution is 6.35. The second kappa shape index (κ2) is 14.7. The Labute approximate surface area is 183 Å². The molecule has 0 atom stereocenters. The Morgan fingerprint density at radius 1 is 1.21 bits per heavy atom. The normalized spacial score (nSPS) is 12.3. The van der Waals surface area contributed by atoms with E-state index in [1.54, 1.807) is 18.4 Å². The van der Waals surface area contributed by atoms with Crippen molar-refractivity contribution in [1.29, 1.82) is 0 Å². The standard InChI is InChI=1S/C23H28Cl2N2O2/c1-3-9-18(10-11-19-16-20(24)17-21(25)23(19)29)12-15-26-13-7-5-6-8-14-27-22(28)4-2/h3-4,9-12,15-17,29H,2,5-8,13-14H2,1H3,(H,27,28)/b9-3-,11-10+,18-12+,26-15+. The molecule has 0 aliphatic rings. The quantitative estimate of drug-likeness (QED) is 0.179. The highest BCUT2D eigenvalue weighted by Gasteiger charge is 2.05. The zero-order valence-electron chi connectivity index (χ0n) is 16.7. The number of phenolic OH excluding ortho intramolecular Hbond substituents is 1. The molecule has 1 amide bonds. The van der Waals surface area contributed by atoms with E-state index in [4.69, 9.17) is 23.2 Å². The summed E-state index contributed by atoms with van der Waals surface area (Å²) < 4.78 is 0. The molecule has 4 nitrogen and oxygen atoms in total. The highest BCUT2D eigenvalue weighted by Crippen LogP contribution is 2.32. The van der Waals surface area contributed by atoms with Crippen molar-refractivity contribution < 1.29 is 9.90 Å². The fourth-order valence-electron chi connectivity index (χ4n) is 2.44. The Kier molecular flexibility index (Phi) is 12.5. The monoisotopic (exact) mass is 434 g/mol. The lowest BCUT2D eigenvalue weighted by atomic mass is 10.1. The molecule has 2 N–H and O–H groups in total. The first kappa shape index (κ1) is 24.7. The molecule has 0 aromatic heterocycles. The molecule has 0 saturated carbocycles. The van der Waals surface area contributed by atoms with Gasteiger partial charge in [0.15, 0.2) is 0 Å². The van der Waals surface area contributed by atoms with Crippen LogP contribution in [0.4, 0.5) is 0 Å². The SMILES string of the molecule is C=CC(=O)NCCCCCC/N=C/C=C(\C=C/C)/C=C/c1cc(Cl)cc(Cl)c1O. The Morgan fingerprint density at radius 3 is 2.69 bits per heavy atom. The second-order valence-corrected chi connectivity index (χ2v) is 7.13. The molecule has 0 aliphatic carbocycles. The molecule has 29 heavy (non-hydrogen) atoms. The number of benzene rings is 1. The lowest BCUT2D eigenvalue weighted by Crippen LogP contribution is -2.21. The van der Waals surface area contributed by atoms with Crippen molar-refractivity contribution in [2.45, 2.75) is 32.6 Å². The number of hydrogen-bond donors (Lipinski definition) is 2. The summed E-state index contributed by atoms with van der Waals surface area (Å²) in [5.41, 5.74) is 1.49. The number of carbonyl (C=O) groups excluding carboxylic acids is 1. The number of aliphatic imine (C=N–C) groups is 1. The van der Waals surface area contributed by atoms with Gasteiger partial charge in [-0.05, 0) is 49.6 Å². The van der Waals surface area contributed by atoms with Crippen molar-refractivity contribution in [3.63, 3.8) is 0 Å². The third kappa shape index (κ3) is 10.7. The van der Waals surface area contributed by atoms with E-state index in [0.717, 1.165) is 37.8 Å². The van der Waals surface area contributed by atoms with Gasteiger partial charge in [0.1, 0.15) is 5.75 Å². The number of allylic oxidation sites excluding steroid dienone is 5. The number of phenols is 1. The van der Waals surface area contributed by atoms with E-state index in [-0.39, 0.29) is 16.7 Å². The van der Waals surface area contributed by atoms with Gasteiger partial charge in [-0.1, -0.05) is 66.9 Å². The summed E-state index contributed by atoms with van der Waals surface area (Å²) >= 11 is 11.9. The van der Waals surface area contributed by atoms with Crippen LogP contribution in [-0.4, -0.2) is 30.3 Å². The average molecular weight is 435 g/mol. The van der Waals surface area contributed by atoms with Gasteiger partial charge in [0, 0.05) is 29.9 Å². The number of rotatable bonds is 12. The van der Waals surface area contributed by atoms with Crippen molar-refractivity contribution in [3.05, 3.63) is 70.3 Å². The molecule has 1 aromatic rings. The zero-order chi connectivity index (χ0) is 21.5. The van der Waals surface area contributed by atoms with Crippen LogP contribution < -0.4 is 5.32 Å². The first-order valence-electron chi connectivity index (χ1n) is 9.57. The number of aromatic hydroxyl groups is 1. The van der Waals surface area contributed by atoms with Gasteiger partial charge >= 0.3 is 0 Å². The molecule has 6 heteroatoms. The fourth-order valence-corrected chi connectivity index (χ4v) is 2.95. The van der Waals surface area contributed by atoms with Crippen LogP contribution in [0.3, 0.4) is 0 Å². The van der Waals surface area contributed by atoms with Crippen molar-refractivity contribution in [2.24, 2.45) is 4.99 Å². The van der Waals surface area contributed by atoms with Crippen LogP contribution in [0.1, 0.15) is 38.2 Å². The average Bonchev–Trinajstić information content (AvgIpc) is 2.70. The van der Waals surface area contributed by atoms with Crippen LogP contribution in [-0.2, 0) is 4.79 Å². The van der Waals surface area contributed by atoms with E-state index in [1.165, 1.54) is 12.1 Å². The molecule has 1 rings (SSSR count). The highest BCUT2D eigenvalue weighted by atomic mass is 35.5. The van der Waals surface area contributed by atoms with Gasteiger partial charge in [0.05, 0.1) is 5.02 Å². The van der Waals surface area contributed by atoms with Crippen molar-refractivity contribution >= 4 is 41.4 Å². The van der Waals surface area contributed by atoms with E-state index in [2.05, 4.69) is 16.9 Å². The Balaban J connectivity index is 2.46. The summed E-state index contributed by atoms with van der Waals surface area (Å²) in [6.07, 6.45) is 16.6. The number of hydrogen-bond acceptors (Lipinski definition) is 3. The van der Waals surface area contributed by atoms with Crippen LogP contribution >= 0.6 is 23.2 Å². The minimum absolute atomic E-state index is 0.00451. The third-order valence-corrected chi connectivity index (χ3v) is 4.45. The largest absolute Gasteiger partial charge is 0.506 e. The van der Waals surface area contributed by atoms with Gasteiger partial charge in [-0.3, -0.25) is 9.79 Å². The van der Waals surface area contributed by atoms with Crippen LogP contribution in [0, 0.1) is 0 Å². The number of nitrogens with one attached hydrogen (secondary N) is 1. The zero-order valence-corrected chi connectivity index (χ0v) is 18.2. The van der Waals surface area contributed by atoms with Crippen LogP contribution in [0.25, 0.3) is 6.08 Å². The predicted molar refractivity (Wildman–Crippen MR) is 125 cm³/mol. The van der Waals surface area contributed by atoms with Gasteiger partial charge in [-0.2, -0.15) is 0 Å². The molecule has 0 spiro atoms. The van der Waals surface area contributed by atoms with Crippen LogP contribution in [0.2, 0.25) is 10.0 Å². The Bertz CT molecular complexity index is 796. The minimum atomic E-state index is -0.124. The summed E-state index contributed by atoms with van der Waals surface area (Å²) in [6.45, 7) is 6.79. The summed E-state index contributed by atoms with van der Waals surface area (Å²) in [4.78, 5) is 15.4. The maximum Gasteiger partial charge on any atom is 0.243 e. The van der Waals surface area contributed by atoms with E-state index in [0.29, 0.717) is 17.1 Å². The topological polar surface area (TPSA) is 61.7 Å². The predicted octanol–water partition coefficient (Wildman–Crippen LogP) is 6.15. The first-order valence-corrected chi connectivity index (χ1v) is 10.3. The molecular formula is C23H28Cl2N2O2. The maximum atomic E-state index is 11.0. The fraction of sp³-hybridized carbons (Fsp3) is 0.304. The molecule has 0 aliphatic heterocycles. The van der Waals surface area contributed by atoms with Gasteiger partial charge < -0.3 is 10.4 Å². The smallest absolute Gasteiger partial charge is 0.243 e. The summed E-state index contributed by atoms with van der Waals surface area (Å²) in [5, 5.41) is 13.5. The van der Waals surface area contributed by atoms with Crippen molar-refractivity contribution in [2.75, 3.05) is 13.1 Å². The molecule has 0 unspecified atom stereocenters. The van der Waals surface area contributed by atoms with E-state index >= 15 is 0 Å². The Hall–Kier alpha value is -2.30. The second-order valence-electron chi connectivity index (χ2n) is 6.29. The number of amides is 1. The van der Waals surface area contributed by atoms with Gasteiger partial charge in [0.2, 0.25) is 5.91 Å². The molecule has 156 valence electrons. The van der Waals surface area contributed by atoms with Gasteiger partial charge in [-0.15, -0.1) is 0 Å². The van der Waals surface area contributed by atoms with Crippen LogP contribution in [0.5, 0.6) is 5.75 Å². The summed E-state index contributed by atoms with van der Waals surface area (Å²) in [6, 6.07) is 3.16. The summed E-state index contributed by atoms with van der Waals surface area (Å²) in [7, 11) is 0. The molecule has 0 saturated heterocycles. The van der Waals surface area contributed by atoms with E-state index < -0.39 is 0 Å². The van der Waals surface area contributed by atoms with Crippen molar-refractivity contribution in [1.82, 2.24) is 5.32 Å². The molecular weight excluding hydrogens is 407 g/mol. The molecule has 0 fully saturated rings. The van der Waals surface area contributed by atoms with E-state index in [1.807, 2.05) is 31.2 Å². The number of nitrogens with zero attached hydrogens (tertiary/aromatic N) is 1. The number of halogens is 2. The Morgan fingerprint density at radius 2 is 1.97 bits per heavy atom. The lowest BCUT2D eigenvalue weighted by Gasteiger charge is -2.03. The molecule has 1 aromatic carbocycles. The van der Waals surface area contributed by atoms with Crippen molar-refractivity contribution in [3.8, 4) is 5.75 Å². The van der Waals surface area contributed by atoms with Gasteiger partial charge in [-0.25, -0.2) is 0 Å². The maximum absolute atomic E-state index is 11.0. The van der Waals surface area contributed by atoms with Crippen LogP contribution in [0.15, 0.2) is 59.7 Å². The number of unbranched alkanes of at least 4 members (excludes halogenated alkanes) is 3. The third-order valence-electron chi connectivity index (χ3n) is 3.94. The molecule has 0 bridgehead atoms. The molecule has 0 heterocycles.